The molecule has 2 heterocycles. The van der Waals surface area contributed by atoms with Crippen LogP contribution in [0.2, 0.25) is 0 Å². The van der Waals surface area contributed by atoms with Crippen molar-refractivity contribution < 1.29 is 23.9 Å². The summed E-state index contributed by atoms with van der Waals surface area (Å²) in [7, 11) is 1.54. The molecular formula is C18H23N3O5. The molecule has 2 aliphatic rings. The highest BCUT2D eigenvalue weighted by atomic mass is 16.5. The maximum absolute atomic E-state index is 12.3. The highest BCUT2D eigenvalue weighted by Crippen LogP contribution is 2.37. The molecule has 0 aromatic heterocycles. The summed E-state index contributed by atoms with van der Waals surface area (Å²) in [5, 5.41) is 5.47. The average Bonchev–Trinajstić information content (AvgIpc) is 3.12. The van der Waals surface area contributed by atoms with E-state index in [1.165, 1.54) is 14.0 Å². The number of nitrogens with one attached hydrogen (secondary N) is 2. The molecule has 140 valence electrons. The second-order valence-electron chi connectivity index (χ2n) is 6.40. The Morgan fingerprint density at radius 3 is 3.00 bits per heavy atom. The van der Waals surface area contributed by atoms with E-state index >= 15 is 0 Å². The first-order valence-electron chi connectivity index (χ1n) is 8.70. The van der Waals surface area contributed by atoms with E-state index in [2.05, 4.69) is 15.5 Å². The molecule has 1 fully saturated rings. The highest BCUT2D eigenvalue weighted by molar-refractivity contribution is 6.05. The molecule has 0 radical (unpaired) electrons. The topological polar surface area (TPSA) is 97.0 Å². The van der Waals surface area contributed by atoms with E-state index in [1.54, 1.807) is 12.1 Å². The lowest BCUT2D eigenvalue weighted by molar-refractivity contribution is -0.129. The third kappa shape index (κ3) is 3.65. The summed E-state index contributed by atoms with van der Waals surface area (Å²) in [6, 6.07) is 4.94. The Morgan fingerprint density at radius 2 is 2.23 bits per heavy atom. The number of carbonyl (C=O) groups excluding carboxylic acids is 3. The fraction of sp³-hybridized carbons (Fsp3) is 0.500. The van der Waals surface area contributed by atoms with Gasteiger partial charge < -0.3 is 25.0 Å². The quantitative estimate of drug-likeness (QED) is 0.578. The van der Waals surface area contributed by atoms with E-state index in [0.717, 1.165) is 25.1 Å². The summed E-state index contributed by atoms with van der Waals surface area (Å²) >= 11 is 0. The Balaban J connectivity index is 1.66. The zero-order valence-corrected chi connectivity index (χ0v) is 14.9. The van der Waals surface area contributed by atoms with Gasteiger partial charge in [0.1, 0.15) is 6.04 Å². The largest absolute Gasteiger partial charge is 0.449 e. The summed E-state index contributed by atoms with van der Waals surface area (Å²) in [5.41, 5.74) is 1.80. The van der Waals surface area contributed by atoms with E-state index in [9.17, 15) is 14.4 Å². The van der Waals surface area contributed by atoms with Crippen molar-refractivity contribution in [2.24, 2.45) is 0 Å². The van der Waals surface area contributed by atoms with Crippen LogP contribution in [0.25, 0.3) is 0 Å². The van der Waals surface area contributed by atoms with Gasteiger partial charge >= 0.3 is 5.97 Å². The van der Waals surface area contributed by atoms with Crippen LogP contribution < -0.4 is 15.5 Å². The van der Waals surface area contributed by atoms with Gasteiger partial charge in [0, 0.05) is 20.2 Å². The molecule has 2 aliphatic heterocycles. The molecule has 0 bridgehead atoms. The Labute approximate surface area is 151 Å². The van der Waals surface area contributed by atoms with E-state index in [1.807, 2.05) is 6.07 Å². The number of carbonyl (C=O) groups is 3. The van der Waals surface area contributed by atoms with Crippen LogP contribution >= 0.6 is 0 Å². The smallest absolute Gasteiger partial charge is 0.338 e. The second-order valence-corrected chi connectivity index (χ2v) is 6.40. The maximum Gasteiger partial charge on any atom is 0.338 e. The van der Waals surface area contributed by atoms with E-state index in [4.69, 9.17) is 9.47 Å². The third-order valence-corrected chi connectivity index (χ3v) is 4.61. The molecule has 0 unspecified atom stereocenters. The van der Waals surface area contributed by atoms with Gasteiger partial charge in [0.2, 0.25) is 5.91 Å². The lowest BCUT2D eigenvalue weighted by Gasteiger charge is -2.33. The third-order valence-electron chi connectivity index (χ3n) is 4.61. The van der Waals surface area contributed by atoms with Crippen molar-refractivity contribution >= 4 is 29.2 Å². The van der Waals surface area contributed by atoms with Crippen LogP contribution in [0.15, 0.2) is 18.2 Å². The summed E-state index contributed by atoms with van der Waals surface area (Å²) < 4.78 is 10.1. The molecule has 8 nitrogen and oxygen atoms in total. The van der Waals surface area contributed by atoms with Crippen molar-refractivity contribution in [1.82, 2.24) is 5.32 Å². The van der Waals surface area contributed by atoms with Gasteiger partial charge in [-0.1, -0.05) is 0 Å². The number of fused-ring (bicyclic) bond motifs is 3. The van der Waals surface area contributed by atoms with Crippen LogP contribution in [0.3, 0.4) is 0 Å². The Kier molecular flexibility index (Phi) is 5.41. The number of hydrogen-bond donors (Lipinski definition) is 2. The minimum Gasteiger partial charge on any atom is -0.449 e. The molecule has 1 aromatic rings. The van der Waals surface area contributed by atoms with Crippen LogP contribution in [0, 0.1) is 0 Å². The van der Waals surface area contributed by atoms with Crippen LogP contribution in [0.4, 0.5) is 11.4 Å². The number of anilines is 2. The van der Waals surface area contributed by atoms with Crippen molar-refractivity contribution in [3.05, 3.63) is 23.8 Å². The molecule has 3 rings (SSSR count). The van der Waals surface area contributed by atoms with Crippen LogP contribution in [0.1, 0.15) is 30.1 Å². The normalized spacial score (nSPS) is 19.2. The second kappa shape index (κ2) is 7.74. The molecule has 0 spiro atoms. The predicted molar refractivity (Wildman–Crippen MR) is 95.2 cm³/mol. The summed E-state index contributed by atoms with van der Waals surface area (Å²) in [6.45, 7) is 3.07. The average molecular weight is 361 g/mol. The number of amides is 2. The Bertz CT molecular complexity index is 721. The molecule has 8 heteroatoms. The van der Waals surface area contributed by atoms with Crippen LogP contribution in [-0.2, 0) is 19.1 Å². The first-order chi connectivity index (χ1) is 12.5. The number of esters is 1. The molecule has 0 aliphatic carbocycles. The number of rotatable bonds is 6. The Morgan fingerprint density at radius 1 is 1.42 bits per heavy atom. The monoisotopic (exact) mass is 361 g/mol. The first-order valence-corrected chi connectivity index (χ1v) is 8.70. The van der Waals surface area contributed by atoms with Crippen molar-refractivity contribution in [2.45, 2.75) is 31.9 Å². The molecule has 1 aromatic carbocycles. The number of benzene rings is 1. The molecule has 26 heavy (non-hydrogen) atoms. The number of hydrogen-bond acceptors (Lipinski definition) is 6. The van der Waals surface area contributed by atoms with E-state index in [-0.39, 0.29) is 17.9 Å². The highest BCUT2D eigenvalue weighted by Gasteiger charge is 2.36. The molecule has 1 saturated heterocycles. The maximum atomic E-state index is 12.3. The van der Waals surface area contributed by atoms with Crippen LogP contribution in [0.5, 0.6) is 0 Å². The Hall–Kier alpha value is -2.61. The predicted octanol–water partition coefficient (Wildman–Crippen LogP) is 0.915. The fourth-order valence-electron chi connectivity index (χ4n) is 3.26. The molecular weight excluding hydrogens is 338 g/mol. The van der Waals surface area contributed by atoms with Crippen molar-refractivity contribution in [2.75, 3.05) is 37.0 Å². The number of nitrogens with zero attached hydrogens (tertiary/aromatic N) is 1. The SMILES string of the molecule is COCCNC(=O)[C@@H](C)OC(=O)c1ccc2c(c1)NC(=O)[C@H]1CCCN21. The van der Waals surface area contributed by atoms with Gasteiger partial charge in [0.05, 0.1) is 23.5 Å². The van der Waals surface area contributed by atoms with Gasteiger partial charge in [0.15, 0.2) is 6.10 Å². The van der Waals surface area contributed by atoms with Crippen molar-refractivity contribution in [1.29, 1.82) is 0 Å². The summed E-state index contributed by atoms with van der Waals surface area (Å²) in [6.07, 6.45) is 0.884. The van der Waals surface area contributed by atoms with E-state index < -0.39 is 12.1 Å². The van der Waals surface area contributed by atoms with Crippen molar-refractivity contribution in [3.8, 4) is 0 Å². The molecule has 2 N–H and O–H groups in total. The summed E-state index contributed by atoms with van der Waals surface area (Å²) in [4.78, 5) is 38.5. The lowest BCUT2D eigenvalue weighted by atomic mass is 10.1. The first kappa shape index (κ1) is 18.2. The van der Waals surface area contributed by atoms with Gasteiger partial charge in [-0.25, -0.2) is 4.79 Å². The fourth-order valence-corrected chi connectivity index (χ4v) is 3.26. The zero-order chi connectivity index (χ0) is 18.7. The van der Waals surface area contributed by atoms with Gasteiger partial charge in [0.25, 0.3) is 5.91 Å². The number of methoxy groups -OCH3 is 1. The minimum atomic E-state index is -0.923. The lowest BCUT2D eigenvalue weighted by Crippen LogP contribution is -2.44. The summed E-state index contributed by atoms with van der Waals surface area (Å²) in [5.74, 6) is -1.05. The van der Waals surface area contributed by atoms with Gasteiger partial charge in [-0.15, -0.1) is 0 Å². The molecule has 0 saturated carbocycles. The zero-order valence-electron chi connectivity index (χ0n) is 14.9. The minimum absolute atomic E-state index is 0.0496. The van der Waals surface area contributed by atoms with Gasteiger partial charge in [-0.3, -0.25) is 9.59 Å². The van der Waals surface area contributed by atoms with E-state index in [0.29, 0.717) is 24.4 Å². The van der Waals surface area contributed by atoms with Gasteiger partial charge in [-0.2, -0.15) is 0 Å². The van der Waals surface area contributed by atoms with Crippen LogP contribution in [-0.4, -0.2) is 56.7 Å². The molecule has 2 amide bonds. The van der Waals surface area contributed by atoms with Crippen molar-refractivity contribution in [3.63, 3.8) is 0 Å². The molecule has 2 atom stereocenters. The standard InChI is InChI=1S/C18H23N3O5/c1-11(16(22)19-7-9-25-2)26-18(24)12-5-6-14-13(10-12)20-17(23)15-4-3-8-21(14)15/h5-6,10-11,15H,3-4,7-9H2,1-2H3,(H,19,22)(H,20,23)/t11-,15-/m1/s1. The van der Waals surface area contributed by atoms with Gasteiger partial charge in [-0.05, 0) is 38.0 Å². The number of ether oxygens (including phenoxy) is 2.